The van der Waals surface area contributed by atoms with Crippen molar-refractivity contribution in [2.24, 2.45) is 17.8 Å². The first-order valence-corrected chi connectivity index (χ1v) is 12.1. The maximum Gasteiger partial charge on any atom is 0.243 e. The highest BCUT2D eigenvalue weighted by Crippen LogP contribution is 2.49. The van der Waals surface area contributed by atoms with Gasteiger partial charge in [0.25, 0.3) is 0 Å². The van der Waals surface area contributed by atoms with Gasteiger partial charge in [0.05, 0.1) is 30.4 Å². The molecule has 3 fully saturated rings. The first-order valence-electron chi connectivity index (χ1n) is 10.6. The van der Waals surface area contributed by atoms with Crippen molar-refractivity contribution >= 4 is 21.6 Å². The summed E-state index contributed by atoms with van der Waals surface area (Å²) < 4.78 is 38.3. The highest BCUT2D eigenvalue weighted by molar-refractivity contribution is 7.89. The van der Waals surface area contributed by atoms with Crippen molar-refractivity contribution in [3.05, 3.63) is 18.2 Å². The summed E-state index contributed by atoms with van der Waals surface area (Å²) in [4.78, 5) is 12.9. The Labute approximate surface area is 172 Å². The third-order valence-corrected chi connectivity index (χ3v) is 8.36. The number of morpholine rings is 1. The van der Waals surface area contributed by atoms with Gasteiger partial charge in [-0.3, -0.25) is 4.79 Å². The molecule has 8 heteroatoms. The Morgan fingerprint density at radius 1 is 1.24 bits per heavy atom. The number of nitrogens with one attached hydrogen (secondary N) is 1. The minimum Gasteiger partial charge on any atom is -0.492 e. The van der Waals surface area contributed by atoms with Gasteiger partial charge in [-0.1, -0.05) is 6.42 Å². The fraction of sp³-hybridized carbons (Fsp3) is 0.667. The Morgan fingerprint density at radius 3 is 2.69 bits per heavy atom. The quantitative estimate of drug-likeness (QED) is 0.730. The standard InChI is InChI=1S/C21H30N2O5S/c1-2-28-20-6-5-18(29(25,26)23-7-9-27-10-8-23)14-19(20)22-21(24)13-17-12-15-3-4-16(17)11-15/h5-6,14-17H,2-4,7-13H2,1H3,(H,22,24)/t15-,16-,17-/m1/s1. The van der Waals surface area contributed by atoms with Crippen LogP contribution < -0.4 is 10.1 Å². The lowest BCUT2D eigenvalue weighted by Crippen LogP contribution is -2.40. The third kappa shape index (κ3) is 4.44. The van der Waals surface area contributed by atoms with E-state index in [0.29, 0.717) is 62.6 Å². The van der Waals surface area contributed by atoms with Gasteiger partial charge in [-0.2, -0.15) is 4.31 Å². The van der Waals surface area contributed by atoms with Crippen molar-refractivity contribution in [2.45, 2.75) is 43.9 Å². The number of sulfonamides is 1. The van der Waals surface area contributed by atoms with Gasteiger partial charge in [-0.05, 0) is 62.1 Å². The molecule has 4 rings (SSSR count). The normalized spacial score (nSPS) is 27.1. The van der Waals surface area contributed by atoms with Gasteiger partial charge in [0, 0.05) is 19.5 Å². The Morgan fingerprint density at radius 2 is 2.03 bits per heavy atom. The van der Waals surface area contributed by atoms with E-state index in [0.717, 1.165) is 12.3 Å². The fourth-order valence-corrected chi connectivity index (χ4v) is 6.49. The van der Waals surface area contributed by atoms with Crippen molar-refractivity contribution in [3.63, 3.8) is 0 Å². The highest BCUT2D eigenvalue weighted by Gasteiger charge is 2.40. The zero-order chi connectivity index (χ0) is 20.4. The van der Waals surface area contributed by atoms with E-state index in [9.17, 15) is 13.2 Å². The van der Waals surface area contributed by atoms with E-state index in [1.807, 2.05) is 6.92 Å². The second-order valence-electron chi connectivity index (χ2n) is 8.29. The number of nitrogens with zero attached hydrogens (tertiary/aromatic N) is 1. The molecule has 1 aromatic carbocycles. The molecule has 1 aliphatic heterocycles. The molecule has 0 aromatic heterocycles. The number of benzene rings is 1. The predicted molar refractivity (Wildman–Crippen MR) is 109 cm³/mol. The third-order valence-electron chi connectivity index (χ3n) is 6.46. The maximum atomic E-state index is 13.0. The van der Waals surface area contributed by atoms with Crippen LogP contribution in [-0.4, -0.2) is 51.5 Å². The molecule has 7 nitrogen and oxygen atoms in total. The monoisotopic (exact) mass is 422 g/mol. The minimum atomic E-state index is -3.63. The zero-order valence-electron chi connectivity index (χ0n) is 16.9. The Bertz CT molecular complexity index is 851. The maximum absolute atomic E-state index is 13.0. The number of carbonyl (C=O) groups excluding carboxylic acids is 1. The van der Waals surface area contributed by atoms with Gasteiger partial charge in [0.2, 0.25) is 15.9 Å². The average molecular weight is 423 g/mol. The van der Waals surface area contributed by atoms with E-state index < -0.39 is 10.0 Å². The summed E-state index contributed by atoms with van der Waals surface area (Å²) in [7, 11) is -3.63. The molecule has 1 heterocycles. The van der Waals surface area contributed by atoms with Crippen LogP contribution in [0, 0.1) is 17.8 Å². The first kappa shape index (κ1) is 20.6. The predicted octanol–water partition coefficient (Wildman–Crippen LogP) is 2.87. The SMILES string of the molecule is CCOc1ccc(S(=O)(=O)N2CCOCC2)cc1NC(=O)C[C@H]1C[C@@H]2CC[C@@H]1C2. The second kappa shape index (κ2) is 8.62. The van der Waals surface area contributed by atoms with E-state index >= 15 is 0 Å². The van der Waals surface area contributed by atoms with Crippen molar-refractivity contribution in [1.82, 2.24) is 4.31 Å². The van der Waals surface area contributed by atoms with Gasteiger partial charge in [0.15, 0.2) is 0 Å². The van der Waals surface area contributed by atoms with Crippen molar-refractivity contribution in [1.29, 1.82) is 0 Å². The number of amides is 1. The molecular weight excluding hydrogens is 392 g/mol. The molecule has 0 spiro atoms. The number of ether oxygens (including phenoxy) is 2. The molecule has 29 heavy (non-hydrogen) atoms. The van der Waals surface area contributed by atoms with Crippen LogP contribution in [-0.2, 0) is 19.6 Å². The van der Waals surface area contributed by atoms with Crippen molar-refractivity contribution in [2.75, 3.05) is 38.2 Å². The van der Waals surface area contributed by atoms with Crippen LogP contribution >= 0.6 is 0 Å². The molecule has 2 bridgehead atoms. The van der Waals surface area contributed by atoms with Gasteiger partial charge >= 0.3 is 0 Å². The van der Waals surface area contributed by atoms with Gasteiger partial charge in [0.1, 0.15) is 5.75 Å². The summed E-state index contributed by atoms with van der Waals surface area (Å²) in [6, 6.07) is 4.69. The van der Waals surface area contributed by atoms with Crippen LogP contribution in [0.25, 0.3) is 0 Å². The molecule has 2 aliphatic carbocycles. The van der Waals surface area contributed by atoms with Gasteiger partial charge in [-0.25, -0.2) is 8.42 Å². The number of hydrogen-bond acceptors (Lipinski definition) is 5. The number of rotatable bonds is 7. The average Bonchev–Trinajstić information content (AvgIpc) is 3.33. The molecule has 1 N–H and O–H groups in total. The zero-order valence-corrected chi connectivity index (χ0v) is 17.7. The van der Waals surface area contributed by atoms with E-state index in [2.05, 4.69) is 5.32 Å². The lowest BCUT2D eigenvalue weighted by Gasteiger charge is -2.26. The van der Waals surface area contributed by atoms with Crippen LogP contribution in [0.3, 0.4) is 0 Å². The molecule has 0 radical (unpaired) electrons. The lowest BCUT2D eigenvalue weighted by atomic mass is 9.86. The smallest absolute Gasteiger partial charge is 0.243 e. The number of hydrogen-bond donors (Lipinski definition) is 1. The fourth-order valence-electron chi connectivity index (χ4n) is 5.05. The summed E-state index contributed by atoms with van der Waals surface area (Å²) in [6.07, 6.45) is 5.43. The molecular formula is C21H30N2O5S. The Kier molecular flexibility index (Phi) is 6.13. The van der Waals surface area contributed by atoms with Crippen LogP contribution in [0.1, 0.15) is 39.0 Å². The van der Waals surface area contributed by atoms with Gasteiger partial charge < -0.3 is 14.8 Å². The van der Waals surface area contributed by atoms with E-state index in [1.165, 1.54) is 29.6 Å². The molecule has 2 saturated carbocycles. The molecule has 3 atom stereocenters. The molecule has 1 amide bonds. The van der Waals surface area contributed by atoms with Crippen LogP contribution in [0.2, 0.25) is 0 Å². The van der Waals surface area contributed by atoms with Crippen LogP contribution in [0.15, 0.2) is 23.1 Å². The van der Waals surface area contributed by atoms with E-state index in [-0.39, 0.29) is 10.8 Å². The van der Waals surface area contributed by atoms with Crippen molar-refractivity contribution < 1.29 is 22.7 Å². The summed E-state index contributed by atoms with van der Waals surface area (Å²) in [5.74, 6) is 2.34. The van der Waals surface area contributed by atoms with Crippen molar-refractivity contribution in [3.8, 4) is 5.75 Å². The van der Waals surface area contributed by atoms with Crippen LogP contribution in [0.4, 0.5) is 5.69 Å². The lowest BCUT2D eigenvalue weighted by molar-refractivity contribution is -0.117. The highest BCUT2D eigenvalue weighted by atomic mass is 32.2. The minimum absolute atomic E-state index is 0.0653. The Balaban J connectivity index is 1.51. The topological polar surface area (TPSA) is 84.9 Å². The molecule has 1 saturated heterocycles. The number of anilines is 1. The number of carbonyl (C=O) groups is 1. The number of fused-ring (bicyclic) bond motifs is 2. The van der Waals surface area contributed by atoms with Gasteiger partial charge in [-0.15, -0.1) is 0 Å². The Hall–Kier alpha value is -1.64. The summed E-state index contributed by atoms with van der Waals surface area (Å²) >= 11 is 0. The molecule has 3 aliphatic rings. The van der Waals surface area contributed by atoms with E-state index in [4.69, 9.17) is 9.47 Å². The first-order chi connectivity index (χ1) is 14.0. The molecule has 160 valence electrons. The summed E-state index contributed by atoms with van der Waals surface area (Å²) in [5.41, 5.74) is 0.425. The largest absolute Gasteiger partial charge is 0.492 e. The summed E-state index contributed by atoms with van der Waals surface area (Å²) in [6.45, 7) is 3.75. The molecule has 0 unspecified atom stereocenters. The van der Waals surface area contributed by atoms with Crippen LogP contribution in [0.5, 0.6) is 5.75 Å². The van der Waals surface area contributed by atoms with E-state index in [1.54, 1.807) is 12.1 Å². The summed E-state index contributed by atoms with van der Waals surface area (Å²) in [5, 5.41) is 2.93. The second-order valence-corrected chi connectivity index (χ2v) is 10.2. The molecule has 1 aromatic rings.